The van der Waals surface area contributed by atoms with Gasteiger partial charge in [0.15, 0.2) is 0 Å². The summed E-state index contributed by atoms with van der Waals surface area (Å²) in [4.78, 5) is 10.8. The molecule has 16 heavy (non-hydrogen) atoms. The first-order valence-corrected chi connectivity index (χ1v) is 6.31. The lowest BCUT2D eigenvalue weighted by atomic mass is 9.64. The van der Waals surface area contributed by atoms with Gasteiger partial charge in [0.25, 0.3) is 0 Å². The van der Waals surface area contributed by atoms with Crippen LogP contribution in [0.15, 0.2) is 0 Å². The van der Waals surface area contributed by atoms with Crippen LogP contribution in [0, 0.1) is 5.41 Å². The predicted molar refractivity (Wildman–Crippen MR) is 57.8 cm³/mol. The highest BCUT2D eigenvalue weighted by Gasteiger charge is 2.47. The number of hydrogen-bond donors (Lipinski definition) is 3. The third-order valence-corrected chi connectivity index (χ3v) is 4.07. The predicted octanol–water partition coefficient (Wildman–Crippen LogP) is -0.697. The molecule has 94 valence electrons. The van der Waals surface area contributed by atoms with Crippen molar-refractivity contribution in [2.24, 2.45) is 11.1 Å². The Hall–Kier alpha value is -0.860. The van der Waals surface area contributed by atoms with Crippen LogP contribution in [0.2, 0.25) is 0 Å². The molecule has 1 rings (SSSR count). The van der Waals surface area contributed by atoms with Gasteiger partial charge in [-0.3, -0.25) is 0 Å². The van der Waals surface area contributed by atoms with Crippen LogP contribution >= 0.6 is 0 Å². The Morgan fingerprint density at radius 2 is 2.06 bits per heavy atom. The zero-order valence-electron chi connectivity index (χ0n) is 9.48. The monoisotopic (exact) mass is 251 g/mol. The SMILES string of the molecule is COC(=O)NS(=O)(=O)NC1CC(N)C1(C)C. The lowest BCUT2D eigenvalue weighted by Gasteiger charge is -2.50. The van der Waals surface area contributed by atoms with Gasteiger partial charge in [0.1, 0.15) is 0 Å². The van der Waals surface area contributed by atoms with Crippen molar-refractivity contribution in [2.45, 2.75) is 32.4 Å². The van der Waals surface area contributed by atoms with E-state index in [9.17, 15) is 13.2 Å². The Morgan fingerprint density at radius 3 is 2.44 bits per heavy atom. The number of methoxy groups -OCH3 is 1. The summed E-state index contributed by atoms with van der Waals surface area (Å²) < 4.78 is 31.1. The first-order valence-electron chi connectivity index (χ1n) is 4.82. The number of amides is 1. The molecular formula is C8H17N3O4S. The molecule has 0 aliphatic heterocycles. The van der Waals surface area contributed by atoms with E-state index < -0.39 is 16.3 Å². The van der Waals surface area contributed by atoms with Crippen molar-refractivity contribution in [1.29, 1.82) is 0 Å². The number of hydrogen-bond acceptors (Lipinski definition) is 5. The molecule has 1 aliphatic rings. The molecule has 0 spiro atoms. The fourth-order valence-electron chi connectivity index (χ4n) is 1.53. The zero-order chi connectivity index (χ0) is 12.6. The van der Waals surface area contributed by atoms with E-state index in [4.69, 9.17) is 5.73 Å². The van der Waals surface area contributed by atoms with Crippen molar-refractivity contribution in [3.63, 3.8) is 0 Å². The fourth-order valence-corrected chi connectivity index (χ4v) is 2.66. The Balaban J connectivity index is 2.59. The topological polar surface area (TPSA) is 111 Å². The molecule has 0 bridgehead atoms. The molecular weight excluding hydrogens is 234 g/mol. The third-order valence-electron chi connectivity index (χ3n) is 3.04. The highest BCUT2D eigenvalue weighted by Crippen LogP contribution is 2.39. The van der Waals surface area contributed by atoms with Crippen molar-refractivity contribution in [3.8, 4) is 0 Å². The van der Waals surface area contributed by atoms with Crippen molar-refractivity contribution in [1.82, 2.24) is 9.44 Å². The summed E-state index contributed by atoms with van der Waals surface area (Å²) in [5.41, 5.74) is 5.43. The Labute approximate surface area is 94.9 Å². The minimum Gasteiger partial charge on any atom is -0.452 e. The first kappa shape index (κ1) is 13.2. The molecule has 2 atom stereocenters. The highest BCUT2D eigenvalue weighted by atomic mass is 32.2. The Bertz CT molecular complexity index is 379. The van der Waals surface area contributed by atoms with Crippen LogP contribution in [0.1, 0.15) is 20.3 Å². The normalized spacial score (nSPS) is 28.0. The summed E-state index contributed by atoms with van der Waals surface area (Å²) in [6.45, 7) is 3.74. The summed E-state index contributed by atoms with van der Waals surface area (Å²) in [7, 11) is -2.79. The molecule has 1 aliphatic carbocycles. The maximum Gasteiger partial charge on any atom is 0.421 e. The van der Waals surface area contributed by atoms with E-state index in [1.807, 2.05) is 13.8 Å². The fraction of sp³-hybridized carbons (Fsp3) is 0.875. The second-order valence-electron chi connectivity index (χ2n) is 4.43. The molecule has 0 aromatic heterocycles. The van der Waals surface area contributed by atoms with E-state index in [2.05, 4.69) is 9.46 Å². The van der Waals surface area contributed by atoms with Crippen LogP contribution in [0.4, 0.5) is 4.79 Å². The number of carbonyl (C=O) groups is 1. The number of nitrogens with one attached hydrogen (secondary N) is 2. The average Bonchev–Trinajstić information content (AvgIpc) is 2.16. The largest absolute Gasteiger partial charge is 0.452 e. The standard InChI is InChI=1S/C8H17N3O4S/c1-8(2)5(9)4-6(8)10-16(13,14)11-7(12)15-3/h5-6,10H,4,9H2,1-3H3,(H,11,12). The molecule has 0 radical (unpaired) electrons. The second kappa shape index (κ2) is 4.19. The van der Waals surface area contributed by atoms with Crippen LogP contribution in [-0.2, 0) is 14.9 Å². The highest BCUT2D eigenvalue weighted by molar-refractivity contribution is 7.88. The van der Waals surface area contributed by atoms with Gasteiger partial charge in [-0.05, 0) is 11.8 Å². The molecule has 0 heterocycles. The van der Waals surface area contributed by atoms with Gasteiger partial charge in [-0.15, -0.1) is 0 Å². The molecule has 8 heteroatoms. The van der Waals surface area contributed by atoms with Crippen LogP contribution in [-0.4, -0.2) is 33.7 Å². The van der Waals surface area contributed by atoms with E-state index in [-0.39, 0.29) is 17.5 Å². The van der Waals surface area contributed by atoms with Crippen LogP contribution < -0.4 is 15.2 Å². The van der Waals surface area contributed by atoms with Gasteiger partial charge in [-0.25, -0.2) is 9.52 Å². The van der Waals surface area contributed by atoms with Gasteiger partial charge >= 0.3 is 16.3 Å². The van der Waals surface area contributed by atoms with Crippen molar-refractivity contribution in [2.75, 3.05) is 7.11 Å². The Kier molecular flexibility index (Phi) is 3.46. The summed E-state index contributed by atoms with van der Waals surface area (Å²) in [6.07, 6.45) is -0.469. The first-order chi connectivity index (χ1) is 7.19. The maximum atomic E-state index is 11.4. The number of ether oxygens (including phenoxy) is 1. The minimum absolute atomic E-state index is 0.0432. The van der Waals surface area contributed by atoms with Crippen LogP contribution in [0.5, 0.6) is 0 Å². The molecule has 0 aromatic carbocycles. The van der Waals surface area contributed by atoms with Gasteiger partial charge in [-0.1, -0.05) is 13.8 Å². The lowest BCUT2D eigenvalue weighted by molar-refractivity contribution is 0.0899. The molecule has 1 fully saturated rings. The van der Waals surface area contributed by atoms with Gasteiger partial charge in [0.05, 0.1) is 7.11 Å². The van der Waals surface area contributed by atoms with E-state index >= 15 is 0 Å². The van der Waals surface area contributed by atoms with Crippen molar-refractivity contribution >= 4 is 16.3 Å². The van der Waals surface area contributed by atoms with Crippen LogP contribution in [0.25, 0.3) is 0 Å². The minimum atomic E-state index is -3.88. The van der Waals surface area contributed by atoms with E-state index in [0.29, 0.717) is 6.42 Å². The number of carbonyl (C=O) groups excluding carboxylic acids is 1. The van der Waals surface area contributed by atoms with Gasteiger partial charge in [0, 0.05) is 12.1 Å². The Morgan fingerprint density at radius 1 is 1.50 bits per heavy atom. The quantitative estimate of drug-likeness (QED) is 0.614. The van der Waals surface area contributed by atoms with Gasteiger partial charge in [0.2, 0.25) is 0 Å². The van der Waals surface area contributed by atoms with E-state index in [1.54, 1.807) is 4.72 Å². The third kappa shape index (κ3) is 2.63. The van der Waals surface area contributed by atoms with E-state index in [0.717, 1.165) is 7.11 Å². The van der Waals surface area contributed by atoms with Gasteiger partial charge in [-0.2, -0.15) is 13.1 Å². The molecule has 1 saturated carbocycles. The molecule has 4 N–H and O–H groups in total. The zero-order valence-corrected chi connectivity index (χ0v) is 10.3. The molecule has 7 nitrogen and oxygen atoms in total. The van der Waals surface area contributed by atoms with Gasteiger partial charge < -0.3 is 10.5 Å². The van der Waals surface area contributed by atoms with Crippen molar-refractivity contribution < 1.29 is 17.9 Å². The number of rotatable bonds is 3. The second-order valence-corrected chi connectivity index (χ2v) is 5.88. The number of nitrogens with two attached hydrogens (primary N) is 1. The van der Waals surface area contributed by atoms with Crippen LogP contribution in [0.3, 0.4) is 0 Å². The smallest absolute Gasteiger partial charge is 0.421 e. The average molecular weight is 251 g/mol. The molecule has 0 saturated heterocycles. The summed E-state index contributed by atoms with van der Waals surface area (Å²) in [5.74, 6) is 0. The van der Waals surface area contributed by atoms with Crippen molar-refractivity contribution in [3.05, 3.63) is 0 Å². The molecule has 2 unspecified atom stereocenters. The maximum absolute atomic E-state index is 11.4. The molecule has 0 aromatic rings. The molecule has 1 amide bonds. The lowest BCUT2D eigenvalue weighted by Crippen LogP contribution is -2.65. The summed E-state index contributed by atoms with van der Waals surface area (Å²) >= 11 is 0. The summed E-state index contributed by atoms with van der Waals surface area (Å²) in [5, 5.41) is 0. The summed E-state index contributed by atoms with van der Waals surface area (Å²) in [6, 6.07) is -0.317. The van der Waals surface area contributed by atoms with E-state index in [1.165, 1.54) is 0 Å².